The summed E-state index contributed by atoms with van der Waals surface area (Å²) in [7, 11) is 3.13. The van der Waals surface area contributed by atoms with Gasteiger partial charge in [0.2, 0.25) is 0 Å². The molecule has 1 saturated carbocycles. The smallest absolute Gasteiger partial charge is 0.254 e. The van der Waals surface area contributed by atoms with Crippen molar-refractivity contribution in [2.45, 2.75) is 25.4 Å². The number of nitrogens with zero attached hydrogens (tertiary/aromatic N) is 1. The van der Waals surface area contributed by atoms with Crippen molar-refractivity contribution in [3.05, 3.63) is 57.6 Å². The van der Waals surface area contributed by atoms with Gasteiger partial charge in [0.15, 0.2) is 5.75 Å². The first-order valence-corrected chi connectivity index (χ1v) is 8.76. The van der Waals surface area contributed by atoms with Crippen LogP contribution in [0.1, 0.15) is 28.8 Å². The van der Waals surface area contributed by atoms with Gasteiger partial charge in [0, 0.05) is 18.2 Å². The van der Waals surface area contributed by atoms with Crippen molar-refractivity contribution >= 4 is 29.1 Å². The van der Waals surface area contributed by atoms with Gasteiger partial charge in [0.05, 0.1) is 24.3 Å². The Morgan fingerprint density at radius 2 is 1.68 bits per heavy atom. The van der Waals surface area contributed by atoms with E-state index in [9.17, 15) is 4.79 Å². The van der Waals surface area contributed by atoms with Gasteiger partial charge in [-0.3, -0.25) is 4.79 Å². The highest BCUT2D eigenvalue weighted by Gasteiger charge is 2.33. The topological polar surface area (TPSA) is 38.8 Å². The maximum absolute atomic E-state index is 13.0. The minimum Gasteiger partial charge on any atom is -0.497 e. The predicted molar refractivity (Wildman–Crippen MR) is 98.9 cm³/mol. The highest BCUT2D eigenvalue weighted by molar-refractivity contribution is 6.37. The van der Waals surface area contributed by atoms with E-state index in [-0.39, 0.29) is 11.9 Å². The first-order valence-electron chi connectivity index (χ1n) is 8.00. The summed E-state index contributed by atoms with van der Waals surface area (Å²) in [6.45, 7) is 0.536. The molecule has 0 aromatic heterocycles. The number of halogens is 2. The molecule has 0 spiro atoms. The standard InChI is InChI=1S/C19H19Cl2NO3/c1-24-15-7-3-12(4-8-15)11-22(14-5-6-14)19(23)13-9-16(20)18(25-2)17(21)10-13/h3-4,7-10,14H,5-6,11H2,1-2H3. The molecule has 6 heteroatoms. The van der Waals surface area contributed by atoms with Gasteiger partial charge in [-0.15, -0.1) is 0 Å². The molecule has 1 aliphatic carbocycles. The third-order valence-electron chi connectivity index (χ3n) is 4.21. The summed E-state index contributed by atoms with van der Waals surface area (Å²) in [5, 5.41) is 0.664. The van der Waals surface area contributed by atoms with Gasteiger partial charge in [0.1, 0.15) is 5.75 Å². The van der Waals surface area contributed by atoms with E-state index in [1.165, 1.54) is 7.11 Å². The molecular weight excluding hydrogens is 361 g/mol. The van der Waals surface area contributed by atoms with E-state index >= 15 is 0 Å². The molecule has 0 unspecified atom stereocenters. The summed E-state index contributed by atoms with van der Waals surface area (Å²) in [6.07, 6.45) is 2.03. The molecule has 2 aromatic carbocycles. The monoisotopic (exact) mass is 379 g/mol. The normalized spacial score (nSPS) is 13.4. The quantitative estimate of drug-likeness (QED) is 0.722. The van der Waals surface area contributed by atoms with Gasteiger partial charge >= 0.3 is 0 Å². The fourth-order valence-corrected chi connectivity index (χ4v) is 3.37. The first kappa shape index (κ1) is 17.9. The van der Waals surface area contributed by atoms with E-state index < -0.39 is 0 Å². The van der Waals surface area contributed by atoms with Crippen LogP contribution in [0.15, 0.2) is 36.4 Å². The van der Waals surface area contributed by atoms with Crippen molar-refractivity contribution in [3.8, 4) is 11.5 Å². The molecule has 0 heterocycles. The summed E-state index contributed by atoms with van der Waals surface area (Å²) in [5.41, 5.74) is 1.52. The van der Waals surface area contributed by atoms with Gasteiger partial charge in [-0.1, -0.05) is 35.3 Å². The summed E-state index contributed by atoms with van der Waals surface area (Å²) in [4.78, 5) is 14.9. The average molecular weight is 380 g/mol. The van der Waals surface area contributed by atoms with Crippen LogP contribution in [0, 0.1) is 0 Å². The molecule has 132 valence electrons. The lowest BCUT2D eigenvalue weighted by molar-refractivity contribution is 0.0730. The molecule has 25 heavy (non-hydrogen) atoms. The van der Waals surface area contributed by atoms with Crippen molar-refractivity contribution < 1.29 is 14.3 Å². The van der Waals surface area contributed by atoms with E-state index in [0.29, 0.717) is 27.9 Å². The zero-order valence-corrected chi connectivity index (χ0v) is 15.6. The van der Waals surface area contributed by atoms with E-state index in [1.807, 2.05) is 29.2 Å². The summed E-state index contributed by atoms with van der Waals surface area (Å²) >= 11 is 12.4. The van der Waals surface area contributed by atoms with Crippen molar-refractivity contribution in [2.24, 2.45) is 0 Å². The van der Waals surface area contributed by atoms with Crippen LogP contribution in [-0.4, -0.2) is 31.1 Å². The molecule has 1 amide bonds. The van der Waals surface area contributed by atoms with Crippen LogP contribution in [0.3, 0.4) is 0 Å². The third kappa shape index (κ3) is 4.02. The molecule has 0 radical (unpaired) electrons. The number of benzene rings is 2. The van der Waals surface area contributed by atoms with Crippen molar-refractivity contribution in [1.82, 2.24) is 4.90 Å². The summed E-state index contributed by atoms with van der Waals surface area (Å²) < 4.78 is 10.3. The van der Waals surface area contributed by atoms with Gasteiger partial charge in [-0.05, 0) is 42.7 Å². The summed E-state index contributed by atoms with van der Waals surface area (Å²) in [5.74, 6) is 1.10. The van der Waals surface area contributed by atoms with Crippen molar-refractivity contribution in [1.29, 1.82) is 0 Å². The molecule has 2 aromatic rings. The fourth-order valence-electron chi connectivity index (χ4n) is 2.72. The average Bonchev–Trinajstić information content (AvgIpc) is 3.44. The Hall–Kier alpha value is -1.91. The molecule has 0 aliphatic heterocycles. The van der Waals surface area contributed by atoms with E-state index in [2.05, 4.69) is 0 Å². The lowest BCUT2D eigenvalue weighted by Gasteiger charge is -2.23. The Kier molecular flexibility index (Phi) is 5.40. The minimum absolute atomic E-state index is 0.0789. The number of rotatable bonds is 6. The Balaban J connectivity index is 1.84. The van der Waals surface area contributed by atoms with Gasteiger partial charge in [-0.2, -0.15) is 0 Å². The van der Waals surface area contributed by atoms with E-state index in [1.54, 1.807) is 19.2 Å². The zero-order chi connectivity index (χ0) is 18.0. The number of ether oxygens (including phenoxy) is 2. The van der Waals surface area contributed by atoms with Crippen molar-refractivity contribution in [3.63, 3.8) is 0 Å². The first-order chi connectivity index (χ1) is 12.0. The molecule has 1 fully saturated rings. The van der Waals surface area contributed by atoms with Crippen LogP contribution in [0.5, 0.6) is 11.5 Å². The Bertz CT molecular complexity index is 750. The maximum Gasteiger partial charge on any atom is 0.254 e. The van der Waals surface area contributed by atoms with Gasteiger partial charge in [0.25, 0.3) is 5.91 Å². The molecular formula is C19H19Cl2NO3. The van der Waals surface area contributed by atoms with Crippen LogP contribution in [0.25, 0.3) is 0 Å². The fraction of sp³-hybridized carbons (Fsp3) is 0.316. The van der Waals surface area contributed by atoms with Crippen LogP contribution in [0.2, 0.25) is 10.0 Å². The number of hydrogen-bond donors (Lipinski definition) is 0. The Morgan fingerprint density at radius 3 is 2.16 bits per heavy atom. The summed E-state index contributed by atoms with van der Waals surface area (Å²) in [6, 6.07) is 11.2. The van der Waals surface area contributed by atoms with Crippen LogP contribution in [-0.2, 0) is 6.54 Å². The molecule has 4 nitrogen and oxygen atoms in total. The number of methoxy groups -OCH3 is 2. The predicted octanol–water partition coefficient (Wildman–Crippen LogP) is 4.82. The lowest BCUT2D eigenvalue weighted by atomic mass is 10.1. The minimum atomic E-state index is -0.0789. The molecule has 0 atom stereocenters. The number of hydrogen-bond acceptors (Lipinski definition) is 3. The third-order valence-corrected chi connectivity index (χ3v) is 4.77. The molecule has 0 saturated heterocycles. The second-order valence-corrected chi connectivity index (χ2v) is 6.80. The van der Waals surface area contributed by atoms with Crippen LogP contribution >= 0.6 is 23.2 Å². The largest absolute Gasteiger partial charge is 0.497 e. The molecule has 0 N–H and O–H groups in total. The second kappa shape index (κ2) is 7.54. The van der Waals surface area contributed by atoms with Gasteiger partial charge < -0.3 is 14.4 Å². The molecule has 0 bridgehead atoms. The van der Waals surface area contributed by atoms with E-state index in [0.717, 1.165) is 24.2 Å². The Labute approximate surface area is 157 Å². The Morgan fingerprint density at radius 1 is 1.08 bits per heavy atom. The number of carbonyl (C=O) groups is 1. The lowest BCUT2D eigenvalue weighted by Crippen LogP contribution is -2.32. The molecule has 3 rings (SSSR count). The SMILES string of the molecule is COc1ccc(CN(C(=O)c2cc(Cl)c(OC)c(Cl)c2)C2CC2)cc1. The molecule has 1 aliphatic rings. The number of amides is 1. The van der Waals surface area contributed by atoms with E-state index in [4.69, 9.17) is 32.7 Å². The zero-order valence-electron chi connectivity index (χ0n) is 14.1. The van der Waals surface area contributed by atoms with Crippen molar-refractivity contribution in [2.75, 3.05) is 14.2 Å². The highest BCUT2D eigenvalue weighted by Crippen LogP contribution is 2.36. The number of carbonyl (C=O) groups excluding carboxylic acids is 1. The second-order valence-electron chi connectivity index (χ2n) is 5.99. The van der Waals surface area contributed by atoms with Gasteiger partial charge in [-0.25, -0.2) is 0 Å². The maximum atomic E-state index is 13.0. The van der Waals surface area contributed by atoms with Crippen LogP contribution in [0.4, 0.5) is 0 Å². The highest BCUT2D eigenvalue weighted by atomic mass is 35.5. The van der Waals surface area contributed by atoms with Crippen LogP contribution < -0.4 is 9.47 Å².